The highest BCUT2D eigenvalue weighted by atomic mass is 14.7. The van der Waals surface area contributed by atoms with Gasteiger partial charge in [-0.15, -0.1) is 0 Å². The Morgan fingerprint density at radius 2 is 2.00 bits per heavy atom. The Labute approximate surface area is 109 Å². The van der Waals surface area contributed by atoms with Gasteiger partial charge >= 0.3 is 0 Å². The number of benzene rings is 1. The van der Waals surface area contributed by atoms with E-state index in [9.17, 15) is 0 Å². The summed E-state index contributed by atoms with van der Waals surface area (Å²) >= 11 is 0. The van der Waals surface area contributed by atoms with Crippen molar-refractivity contribution in [2.45, 2.75) is 33.1 Å². The van der Waals surface area contributed by atoms with Crippen LogP contribution in [-0.4, -0.2) is 4.98 Å². The van der Waals surface area contributed by atoms with Crippen molar-refractivity contribution in [2.75, 3.05) is 0 Å². The molecule has 1 aliphatic rings. The molecule has 1 heterocycles. The van der Waals surface area contributed by atoms with Crippen molar-refractivity contribution in [3.8, 4) is 0 Å². The maximum absolute atomic E-state index is 3.41. The molecule has 18 heavy (non-hydrogen) atoms. The Morgan fingerprint density at radius 3 is 2.72 bits per heavy atom. The molecule has 0 fully saturated rings. The number of hydrogen-bond donors (Lipinski definition) is 1. The van der Waals surface area contributed by atoms with Crippen LogP contribution in [0.25, 0.3) is 11.1 Å². The minimum Gasteiger partial charge on any atom is -0.361 e. The van der Waals surface area contributed by atoms with Crippen LogP contribution in [0.5, 0.6) is 0 Å². The highest BCUT2D eigenvalue weighted by Gasteiger charge is 2.22. The Balaban J connectivity index is 2.13. The van der Waals surface area contributed by atoms with Gasteiger partial charge in [-0.1, -0.05) is 37.6 Å². The first-order valence-electron chi connectivity index (χ1n) is 6.76. The Bertz CT molecular complexity index is 602. The molecule has 0 atom stereocenters. The van der Waals surface area contributed by atoms with Crippen molar-refractivity contribution in [1.82, 2.24) is 4.98 Å². The molecule has 3 rings (SSSR count). The number of nitrogens with one attached hydrogen (secondary N) is 1. The number of fused-ring (bicyclic) bond motifs is 1. The number of hydrogen-bond acceptors (Lipinski definition) is 0. The van der Waals surface area contributed by atoms with E-state index < -0.39 is 0 Å². The maximum atomic E-state index is 3.41. The lowest BCUT2D eigenvalue weighted by molar-refractivity contribution is 0.976. The molecule has 2 aromatic rings. The van der Waals surface area contributed by atoms with Crippen molar-refractivity contribution in [2.24, 2.45) is 0 Å². The molecule has 0 amide bonds. The average Bonchev–Trinajstić information content (AvgIpc) is 2.94. The van der Waals surface area contributed by atoms with Gasteiger partial charge in [0.15, 0.2) is 0 Å². The van der Waals surface area contributed by atoms with Crippen molar-refractivity contribution in [3.63, 3.8) is 0 Å². The van der Waals surface area contributed by atoms with Crippen LogP contribution >= 0.6 is 0 Å². The van der Waals surface area contributed by atoms with Crippen LogP contribution < -0.4 is 0 Å². The fraction of sp³-hybridized carbons (Fsp3) is 0.294. The third-order valence-corrected chi connectivity index (χ3v) is 3.83. The quantitative estimate of drug-likeness (QED) is 0.803. The molecule has 0 saturated carbocycles. The summed E-state index contributed by atoms with van der Waals surface area (Å²) in [5, 5.41) is 0. The fourth-order valence-corrected chi connectivity index (χ4v) is 2.98. The smallest absolute Gasteiger partial charge is 0.0448 e. The van der Waals surface area contributed by atoms with Gasteiger partial charge in [0, 0.05) is 18.3 Å². The highest BCUT2D eigenvalue weighted by Crippen LogP contribution is 2.40. The molecule has 0 bridgehead atoms. The molecule has 1 heteroatoms. The molecule has 92 valence electrons. The molecule has 1 nitrogen and oxygen atoms in total. The maximum Gasteiger partial charge on any atom is 0.0448 e. The third-order valence-electron chi connectivity index (χ3n) is 3.83. The summed E-state index contributed by atoms with van der Waals surface area (Å²) in [6, 6.07) is 11.0. The van der Waals surface area contributed by atoms with E-state index in [1.54, 1.807) is 5.57 Å². The van der Waals surface area contributed by atoms with Crippen molar-refractivity contribution in [3.05, 3.63) is 58.9 Å². The predicted octanol–water partition coefficient (Wildman–Crippen LogP) is 4.59. The largest absolute Gasteiger partial charge is 0.361 e. The zero-order chi connectivity index (χ0) is 12.5. The first-order valence-corrected chi connectivity index (χ1v) is 6.76. The summed E-state index contributed by atoms with van der Waals surface area (Å²) < 4.78 is 0. The predicted molar refractivity (Wildman–Crippen MR) is 77.4 cm³/mol. The van der Waals surface area contributed by atoms with Gasteiger partial charge in [-0.25, -0.2) is 0 Å². The molecule has 0 unspecified atom stereocenters. The number of allylic oxidation sites excluding steroid dienone is 2. The van der Waals surface area contributed by atoms with Crippen LogP contribution in [0.15, 0.2) is 36.5 Å². The van der Waals surface area contributed by atoms with Gasteiger partial charge in [-0.3, -0.25) is 0 Å². The van der Waals surface area contributed by atoms with Gasteiger partial charge in [-0.2, -0.15) is 0 Å². The Hall–Kier alpha value is -1.76. The van der Waals surface area contributed by atoms with Gasteiger partial charge in [-0.05, 0) is 47.2 Å². The number of aromatic amines is 1. The lowest BCUT2D eigenvalue weighted by Gasteiger charge is -2.07. The zero-order valence-corrected chi connectivity index (χ0v) is 11.1. The van der Waals surface area contributed by atoms with E-state index in [1.165, 1.54) is 40.8 Å². The lowest BCUT2D eigenvalue weighted by Crippen LogP contribution is -1.89. The number of rotatable bonds is 3. The molecule has 1 aromatic heterocycles. The summed E-state index contributed by atoms with van der Waals surface area (Å²) in [5.41, 5.74) is 8.66. The zero-order valence-electron chi connectivity index (χ0n) is 11.1. The molecule has 0 aliphatic heterocycles. The van der Waals surface area contributed by atoms with Crippen LogP contribution in [0.1, 0.15) is 42.1 Å². The molecule has 0 radical (unpaired) electrons. The average molecular weight is 237 g/mol. The summed E-state index contributed by atoms with van der Waals surface area (Å²) in [4.78, 5) is 3.41. The standard InChI is InChI=1S/C17H19N/c1-3-6-15-14-8-5-4-7-13(14)11-16(15)17-12(2)9-10-18-17/h4-5,7-10,18H,3,6,11H2,1-2H3. The Kier molecular flexibility index (Phi) is 2.83. The van der Waals surface area contributed by atoms with Crippen molar-refractivity contribution in [1.29, 1.82) is 0 Å². The lowest BCUT2D eigenvalue weighted by atomic mass is 9.99. The molecular formula is C17H19N. The van der Waals surface area contributed by atoms with E-state index in [4.69, 9.17) is 0 Å². The monoisotopic (exact) mass is 237 g/mol. The number of aryl methyl sites for hydroxylation is 1. The van der Waals surface area contributed by atoms with Gasteiger partial charge in [0.05, 0.1) is 0 Å². The second-order valence-electron chi connectivity index (χ2n) is 5.08. The topological polar surface area (TPSA) is 15.8 Å². The number of aromatic nitrogens is 1. The fourth-order valence-electron chi connectivity index (χ4n) is 2.98. The van der Waals surface area contributed by atoms with Crippen molar-refractivity contribution < 1.29 is 0 Å². The minimum absolute atomic E-state index is 1.08. The second-order valence-corrected chi connectivity index (χ2v) is 5.08. The van der Waals surface area contributed by atoms with E-state index in [0.717, 1.165) is 6.42 Å². The molecule has 1 aliphatic carbocycles. The highest BCUT2D eigenvalue weighted by molar-refractivity contribution is 5.96. The van der Waals surface area contributed by atoms with E-state index in [0.29, 0.717) is 0 Å². The van der Waals surface area contributed by atoms with E-state index in [1.807, 2.05) is 6.20 Å². The van der Waals surface area contributed by atoms with Gasteiger partial charge < -0.3 is 4.98 Å². The van der Waals surface area contributed by atoms with Crippen LogP contribution in [0, 0.1) is 6.92 Å². The SMILES string of the molecule is CCCC1=C(c2[nH]ccc2C)Cc2ccccc21. The molecule has 0 saturated heterocycles. The van der Waals surface area contributed by atoms with Crippen LogP contribution in [0.4, 0.5) is 0 Å². The van der Waals surface area contributed by atoms with E-state index >= 15 is 0 Å². The summed E-state index contributed by atoms with van der Waals surface area (Å²) in [6.45, 7) is 4.44. The summed E-state index contributed by atoms with van der Waals surface area (Å²) in [6.07, 6.45) is 5.49. The first-order chi connectivity index (χ1) is 8.81. The normalized spacial score (nSPS) is 14.1. The Morgan fingerprint density at radius 1 is 1.17 bits per heavy atom. The number of H-pyrrole nitrogens is 1. The van der Waals surface area contributed by atoms with E-state index in [2.05, 4.69) is 49.2 Å². The second kappa shape index (κ2) is 4.49. The molecule has 1 N–H and O–H groups in total. The molecule has 1 aromatic carbocycles. The minimum atomic E-state index is 1.08. The summed E-state index contributed by atoms with van der Waals surface area (Å²) in [7, 11) is 0. The third kappa shape index (κ3) is 1.71. The van der Waals surface area contributed by atoms with Crippen LogP contribution in [0.3, 0.4) is 0 Å². The molecular weight excluding hydrogens is 218 g/mol. The first kappa shape index (κ1) is 11.3. The summed E-state index contributed by atoms with van der Waals surface area (Å²) in [5.74, 6) is 0. The molecule has 0 spiro atoms. The van der Waals surface area contributed by atoms with Gasteiger partial charge in [0.1, 0.15) is 0 Å². The van der Waals surface area contributed by atoms with E-state index in [-0.39, 0.29) is 0 Å². The van der Waals surface area contributed by atoms with Gasteiger partial charge in [0.2, 0.25) is 0 Å². The van der Waals surface area contributed by atoms with Crippen LogP contribution in [-0.2, 0) is 6.42 Å². The van der Waals surface area contributed by atoms with Crippen LogP contribution in [0.2, 0.25) is 0 Å². The van der Waals surface area contributed by atoms with Crippen molar-refractivity contribution >= 4 is 11.1 Å². The van der Waals surface area contributed by atoms with Gasteiger partial charge in [0.25, 0.3) is 0 Å².